The summed E-state index contributed by atoms with van der Waals surface area (Å²) >= 11 is 0. The SMILES string of the molecule is C=CC1C=C(c2ccccc2)c2cc(CCCCCC)ccc2N1. The zero-order valence-corrected chi connectivity index (χ0v) is 14.6. The van der Waals surface area contributed by atoms with Crippen LogP contribution in [0.15, 0.2) is 67.3 Å². The number of aryl methyl sites for hydroxylation is 1. The van der Waals surface area contributed by atoms with Gasteiger partial charge in [-0.05, 0) is 47.8 Å². The first-order chi connectivity index (χ1) is 11.8. The van der Waals surface area contributed by atoms with Crippen molar-refractivity contribution in [3.63, 3.8) is 0 Å². The fourth-order valence-electron chi connectivity index (χ4n) is 3.34. The fraction of sp³-hybridized carbons (Fsp3) is 0.304. The van der Waals surface area contributed by atoms with Crippen LogP contribution in [0.1, 0.15) is 49.3 Å². The summed E-state index contributed by atoms with van der Waals surface area (Å²) in [5.41, 5.74) is 6.54. The monoisotopic (exact) mass is 317 g/mol. The zero-order valence-electron chi connectivity index (χ0n) is 14.6. The number of nitrogens with one attached hydrogen (secondary N) is 1. The van der Waals surface area contributed by atoms with Crippen LogP contribution in [0.3, 0.4) is 0 Å². The Labute approximate surface area is 146 Å². The smallest absolute Gasteiger partial charge is 0.0635 e. The molecule has 0 aliphatic carbocycles. The Balaban J connectivity index is 1.90. The molecule has 0 saturated heterocycles. The van der Waals surface area contributed by atoms with Gasteiger partial charge in [0.2, 0.25) is 0 Å². The van der Waals surface area contributed by atoms with Crippen molar-refractivity contribution in [1.82, 2.24) is 0 Å². The molecular formula is C23H27N. The van der Waals surface area contributed by atoms with E-state index in [1.807, 2.05) is 6.08 Å². The molecule has 2 aromatic rings. The summed E-state index contributed by atoms with van der Waals surface area (Å²) in [5.74, 6) is 0. The van der Waals surface area contributed by atoms with Crippen LogP contribution in [-0.2, 0) is 6.42 Å². The largest absolute Gasteiger partial charge is 0.375 e. The van der Waals surface area contributed by atoms with Crippen molar-refractivity contribution < 1.29 is 0 Å². The molecule has 0 saturated carbocycles. The maximum Gasteiger partial charge on any atom is 0.0635 e. The standard InChI is InChI=1S/C23H27N/c1-3-5-6-8-11-18-14-15-23-22(16-18)21(17-20(4-2)24-23)19-12-9-7-10-13-19/h4,7,9-10,12-17,20,24H,2-3,5-6,8,11H2,1H3. The third-order valence-corrected chi connectivity index (χ3v) is 4.70. The van der Waals surface area contributed by atoms with Crippen LogP contribution in [0, 0.1) is 0 Å². The van der Waals surface area contributed by atoms with Gasteiger partial charge in [0.05, 0.1) is 6.04 Å². The van der Waals surface area contributed by atoms with Gasteiger partial charge in [0.25, 0.3) is 0 Å². The van der Waals surface area contributed by atoms with E-state index >= 15 is 0 Å². The van der Waals surface area contributed by atoms with E-state index in [1.165, 1.54) is 60.1 Å². The normalized spacial score (nSPS) is 16.0. The van der Waals surface area contributed by atoms with E-state index in [0.29, 0.717) is 0 Å². The van der Waals surface area contributed by atoms with Crippen molar-refractivity contribution in [3.05, 3.63) is 84.0 Å². The molecule has 124 valence electrons. The van der Waals surface area contributed by atoms with Gasteiger partial charge < -0.3 is 5.32 Å². The van der Waals surface area contributed by atoms with E-state index < -0.39 is 0 Å². The van der Waals surface area contributed by atoms with Crippen LogP contribution in [0.5, 0.6) is 0 Å². The summed E-state index contributed by atoms with van der Waals surface area (Å²) in [5, 5.41) is 3.56. The van der Waals surface area contributed by atoms with Gasteiger partial charge in [0.15, 0.2) is 0 Å². The van der Waals surface area contributed by atoms with Crippen molar-refractivity contribution in [2.24, 2.45) is 0 Å². The van der Waals surface area contributed by atoms with Gasteiger partial charge in [0, 0.05) is 11.3 Å². The lowest BCUT2D eigenvalue weighted by Gasteiger charge is -2.25. The Morgan fingerprint density at radius 2 is 1.88 bits per heavy atom. The number of benzene rings is 2. The first-order valence-electron chi connectivity index (χ1n) is 9.11. The summed E-state index contributed by atoms with van der Waals surface area (Å²) in [7, 11) is 0. The van der Waals surface area contributed by atoms with E-state index in [-0.39, 0.29) is 6.04 Å². The molecule has 0 amide bonds. The topological polar surface area (TPSA) is 12.0 Å². The summed E-state index contributed by atoms with van der Waals surface area (Å²) in [6.07, 6.45) is 10.6. The minimum Gasteiger partial charge on any atom is -0.375 e. The molecule has 0 spiro atoms. The predicted molar refractivity (Wildman–Crippen MR) is 105 cm³/mol. The molecule has 1 aliphatic rings. The van der Waals surface area contributed by atoms with E-state index in [2.05, 4.69) is 73.4 Å². The molecule has 1 atom stereocenters. The van der Waals surface area contributed by atoms with Gasteiger partial charge in [-0.3, -0.25) is 0 Å². The maximum absolute atomic E-state index is 3.95. The second-order valence-corrected chi connectivity index (χ2v) is 6.54. The Hall–Kier alpha value is -2.28. The lowest BCUT2D eigenvalue weighted by atomic mass is 9.89. The van der Waals surface area contributed by atoms with Crippen LogP contribution in [0.2, 0.25) is 0 Å². The minimum absolute atomic E-state index is 0.183. The van der Waals surface area contributed by atoms with E-state index in [0.717, 1.165) is 0 Å². The van der Waals surface area contributed by atoms with Crippen LogP contribution in [-0.4, -0.2) is 6.04 Å². The van der Waals surface area contributed by atoms with Gasteiger partial charge in [-0.2, -0.15) is 0 Å². The molecule has 24 heavy (non-hydrogen) atoms. The molecule has 1 heteroatoms. The predicted octanol–water partition coefficient (Wildman–Crippen LogP) is 6.22. The van der Waals surface area contributed by atoms with E-state index in [1.54, 1.807) is 0 Å². The highest BCUT2D eigenvalue weighted by Gasteiger charge is 2.18. The van der Waals surface area contributed by atoms with Crippen molar-refractivity contribution >= 4 is 11.3 Å². The van der Waals surface area contributed by atoms with Gasteiger partial charge >= 0.3 is 0 Å². The second-order valence-electron chi connectivity index (χ2n) is 6.54. The highest BCUT2D eigenvalue weighted by molar-refractivity contribution is 5.89. The molecule has 2 aromatic carbocycles. The average Bonchev–Trinajstić information content (AvgIpc) is 2.65. The minimum atomic E-state index is 0.183. The van der Waals surface area contributed by atoms with Gasteiger partial charge in [-0.1, -0.05) is 68.7 Å². The van der Waals surface area contributed by atoms with Crippen molar-refractivity contribution in [2.45, 2.75) is 45.1 Å². The maximum atomic E-state index is 3.95. The van der Waals surface area contributed by atoms with Crippen LogP contribution in [0.4, 0.5) is 5.69 Å². The third-order valence-electron chi connectivity index (χ3n) is 4.70. The molecule has 0 radical (unpaired) electrons. The first kappa shape index (κ1) is 16.6. The summed E-state index contributed by atoms with van der Waals surface area (Å²) in [6.45, 7) is 6.22. The summed E-state index contributed by atoms with van der Waals surface area (Å²) in [6, 6.07) is 17.7. The second kappa shape index (κ2) is 8.01. The first-order valence-corrected chi connectivity index (χ1v) is 9.11. The zero-order chi connectivity index (χ0) is 16.8. The average molecular weight is 317 g/mol. The lowest BCUT2D eigenvalue weighted by molar-refractivity contribution is 0.667. The molecule has 1 aliphatic heterocycles. The molecule has 0 bridgehead atoms. The number of fused-ring (bicyclic) bond motifs is 1. The van der Waals surface area contributed by atoms with Gasteiger partial charge in [-0.15, -0.1) is 6.58 Å². The Bertz CT molecular complexity index is 712. The molecule has 1 unspecified atom stereocenters. The number of anilines is 1. The van der Waals surface area contributed by atoms with Gasteiger partial charge in [-0.25, -0.2) is 0 Å². The molecule has 0 aromatic heterocycles. The highest BCUT2D eigenvalue weighted by atomic mass is 14.9. The summed E-state index contributed by atoms with van der Waals surface area (Å²) in [4.78, 5) is 0. The molecular weight excluding hydrogens is 290 g/mol. The highest BCUT2D eigenvalue weighted by Crippen LogP contribution is 2.35. The van der Waals surface area contributed by atoms with Crippen molar-refractivity contribution in [3.8, 4) is 0 Å². The molecule has 3 rings (SSSR count). The van der Waals surface area contributed by atoms with Crippen LogP contribution < -0.4 is 5.32 Å². The number of unbranched alkanes of at least 4 members (excludes halogenated alkanes) is 3. The van der Waals surface area contributed by atoms with E-state index in [9.17, 15) is 0 Å². The molecule has 1 N–H and O–H groups in total. The Kier molecular flexibility index (Phi) is 5.53. The molecule has 1 heterocycles. The lowest BCUT2D eigenvalue weighted by Crippen LogP contribution is -2.19. The van der Waals surface area contributed by atoms with E-state index in [4.69, 9.17) is 0 Å². The number of hydrogen-bond donors (Lipinski definition) is 1. The Morgan fingerprint density at radius 1 is 1.04 bits per heavy atom. The van der Waals surface area contributed by atoms with Crippen LogP contribution >= 0.6 is 0 Å². The number of rotatable bonds is 7. The Morgan fingerprint density at radius 3 is 2.62 bits per heavy atom. The summed E-state index contributed by atoms with van der Waals surface area (Å²) < 4.78 is 0. The third kappa shape index (κ3) is 3.79. The number of hydrogen-bond acceptors (Lipinski definition) is 1. The van der Waals surface area contributed by atoms with Crippen LogP contribution in [0.25, 0.3) is 5.57 Å². The van der Waals surface area contributed by atoms with Crippen molar-refractivity contribution in [2.75, 3.05) is 5.32 Å². The fourth-order valence-corrected chi connectivity index (χ4v) is 3.34. The van der Waals surface area contributed by atoms with Crippen molar-refractivity contribution in [1.29, 1.82) is 0 Å². The van der Waals surface area contributed by atoms with Gasteiger partial charge in [0.1, 0.15) is 0 Å². The quantitative estimate of drug-likeness (QED) is 0.472. The molecule has 1 nitrogen and oxygen atoms in total. The molecule has 0 fully saturated rings.